The summed E-state index contributed by atoms with van der Waals surface area (Å²) in [5.41, 5.74) is 5.54. The van der Waals surface area contributed by atoms with Gasteiger partial charge in [-0.2, -0.15) is 0 Å². The summed E-state index contributed by atoms with van der Waals surface area (Å²) in [6, 6.07) is 0. The van der Waals surface area contributed by atoms with E-state index in [-0.39, 0.29) is 6.23 Å². The molecule has 1 unspecified atom stereocenters. The maximum Gasteiger partial charge on any atom is 0.108 e. The van der Waals surface area contributed by atoms with Crippen molar-refractivity contribution in [2.75, 3.05) is 19.7 Å². The zero-order valence-corrected chi connectivity index (χ0v) is 18.2. The van der Waals surface area contributed by atoms with Gasteiger partial charge in [-0.05, 0) is 39.3 Å². The second-order valence-corrected chi connectivity index (χ2v) is 7.78. The quantitative estimate of drug-likeness (QED) is 0.168. The van der Waals surface area contributed by atoms with Crippen LogP contribution < -0.4 is 11.1 Å². The molecule has 0 fully saturated rings. The molecule has 0 aliphatic rings. The Morgan fingerprint density at radius 1 is 0.654 bits per heavy atom. The van der Waals surface area contributed by atoms with Crippen LogP contribution in [0.4, 0.5) is 0 Å². The molecule has 26 heavy (non-hydrogen) atoms. The highest BCUT2D eigenvalue weighted by Crippen LogP contribution is 2.14. The Morgan fingerprint density at radius 3 is 1.54 bits per heavy atom. The highest BCUT2D eigenvalue weighted by Gasteiger charge is 2.06. The normalized spacial score (nSPS) is 12.6. The largest absolute Gasteiger partial charge is 0.364 e. The van der Waals surface area contributed by atoms with E-state index in [2.05, 4.69) is 19.2 Å². The first-order valence-electron chi connectivity index (χ1n) is 11.9. The first kappa shape index (κ1) is 25.9. The van der Waals surface area contributed by atoms with Gasteiger partial charge in [-0.25, -0.2) is 0 Å². The van der Waals surface area contributed by atoms with Crippen LogP contribution in [0.15, 0.2) is 0 Å². The topological polar surface area (TPSA) is 47.3 Å². The van der Waals surface area contributed by atoms with Crippen LogP contribution in [0.1, 0.15) is 123 Å². The molecule has 1 atom stereocenters. The summed E-state index contributed by atoms with van der Waals surface area (Å²) in [6.45, 7) is 6.88. The number of nitrogens with two attached hydrogens (primary N) is 1. The first-order valence-corrected chi connectivity index (χ1v) is 11.9. The zero-order valence-electron chi connectivity index (χ0n) is 18.2. The van der Waals surface area contributed by atoms with E-state index in [0.717, 1.165) is 32.5 Å². The second kappa shape index (κ2) is 22.9. The Kier molecular flexibility index (Phi) is 22.8. The summed E-state index contributed by atoms with van der Waals surface area (Å²) in [4.78, 5) is 0. The van der Waals surface area contributed by atoms with Crippen LogP contribution in [0.5, 0.6) is 0 Å². The van der Waals surface area contributed by atoms with Gasteiger partial charge < -0.3 is 10.5 Å². The molecule has 0 aromatic rings. The van der Waals surface area contributed by atoms with Gasteiger partial charge in [0.2, 0.25) is 0 Å². The Balaban J connectivity index is 3.24. The maximum atomic E-state index is 5.76. The Hall–Kier alpha value is -0.120. The highest BCUT2D eigenvalue weighted by atomic mass is 16.5. The zero-order chi connectivity index (χ0) is 19.1. The van der Waals surface area contributed by atoms with Crippen molar-refractivity contribution in [3.63, 3.8) is 0 Å². The van der Waals surface area contributed by atoms with Crippen LogP contribution in [0.25, 0.3) is 0 Å². The molecule has 0 spiro atoms. The van der Waals surface area contributed by atoms with Crippen LogP contribution in [0.3, 0.4) is 0 Å². The molecule has 0 rings (SSSR count). The molecule has 3 heteroatoms. The van der Waals surface area contributed by atoms with Gasteiger partial charge in [-0.3, -0.25) is 5.32 Å². The molecule has 0 saturated carbocycles. The highest BCUT2D eigenvalue weighted by molar-refractivity contribution is 4.58. The fourth-order valence-corrected chi connectivity index (χ4v) is 3.51. The van der Waals surface area contributed by atoms with Crippen molar-refractivity contribution in [1.29, 1.82) is 0 Å². The average Bonchev–Trinajstić information content (AvgIpc) is 2.65. The predicted molar refractivity (Wildman–Crippen MR) is 117 cm³/mol. The van der Waals surface area contributed by atoms with Gasteiger partial charge in [0.15, 0.2) is 0 Å². The van der Waals surface area contributed by atoms with Gasteiger partial charge in [0.25, 0.3) is 0 Å². The third-order valence-corrected chi connectivity index (χ3v) is 5.19. The molecule has 158 valence electrons. The van der Waals surface area contributed by atoms with E-state index in [0.29, 0.717) is 0 Å². The van der Waals surface area contributed by atoms with E-state index in [1.54, 1.807) is 0 Å². The van der Waals surface area contributed by atoms with Gasteiger partial charge in [0.1, 0.15) is 6.23 Å². The molecule has 3 N–H and O–H groups in total. The minimum atomic E-state index is 0.230. The van der Waals surface area contributed by atoms with Crippen molar-refractivity contribution in [2.45, 2.75) is 129 Å². The van der Waals surface area contributed by atoms with Gasteiger partial charge in [-0.1, -0.05) is 96.8 Å². The van der Waals surface area contributed by atoms with E-state index >= 15 is 0 Å². The van der Waals surface area contributed by atoms with E-state index < -0.39 is 0 Å². The SMILES string of the molecule is CCCCCCCCCCCCCCCCCC(NCCCN)OCC. The third kappa shape index (κ3) is 20.2. The minimum absolute atomic E-state index is 0.230. The predicted octanol–water partition coefficient (Wildman–Crippen LogP) is 6.55. The number of ether oxygens (including phenoxy) is 1. The van der Waals surface area contributed by atoms with Crippen LogP contribution in [0, 0.1) is 0 Å². The number of hydrogen-bond acceptors (Lipinski definition) is 3. The molecule has 0 heterocycles. The lowest BCUT2D eigenvalue weighted by Gasteiger charge is -2.18. The Morgan fingerprint density at radius 2 is 1.12 bits per heavy atom. The smallest absolute Gasteiger partial charge is 0.108 e. The molecule has 0 aliphatic carbocycles. The number of rotatable bonds is 22. The summed E-state index contributed by atoms with van der Waals surface area (Å²) in [5, 5.41) is 3.47. The van der Waals surface area contributed by atoms with E-state index in [1.165, 1.54) is 96.3 Å². The molecule has 0 bridgehead atoms. The lowest BCUT2D eigenvalue weighted by Crippen LogP contribution is -2.33. The van der Waals surface area contributed by atoms with Gasteiger partial charge in [0.05, 0.1) is 0 Å². The van der Waals surface area contributed by atoms with Crippen LogP contribution in [0.2, 0.25) is 0 Å². The van der Waals surface area contributed by atoms with Crippen LogP contribution in [-0.2, 0) is 4.74 Å². The second-order valence-electron chi connectivity index (χ2n) is 7.78. The summed E-state index contributed by atoms with van der Waals surface area (Å²) in [7, 11) is 0. The lowest BCUT2D eigenvalue weighted by atomic mass is 10.0. The Labute approximate surface area is 165 Å². The number of hydrogen-bond donors (Lipinski definition) is 2. The van der Waals surface area contributed by atoms with Crippen LogP contribution in [-0.4, -0.2) is 25.9 Å². The first-order chi connectivity index (χ1) is 12.8. The van der Waals surface area contributed by atoms with E-state index in [9.17, 15) is 0 Å². The van der Waals surface area contributed by atoms with Gasteiger partial charge in [0, 0.05) is 6.61 Å². The summed E-state index contributed by atoms with van der Waals surface area (Å²) >= 11 is 0. The molecule has 0 radical (unpaired) electrons. The molecule has 0 aliphatic heterocycles. The van der Waals surface area contributed by atoms with Crippen molar-refractivity contribution in [3.05, 3.63) is 0 Å². The van der Waals surface area contributed by atoms with Crippen molar-refractivity contribution < 1.29 is 4.74 Å². The average molecular weight is 371 g/mol. The molecule has 0 aromatic carbocycles. The van der Waals surface area contributed by atoms with E-state index in [1.807, 2.05) is 0 Å². The standard InChI is InChI=1S/C23H50N2O/c1-3-5-6-7-8-9-10-11-12-13-14-15-16-17-18-20-23(26-4-2)25-22-19-21-24/h23,25H,3-22,24H2,1-2H3. The van der Waals surface area contributed by atoms with Crippen LogP contribution >= 0.6 is 0 Å². The monoisotopic (exact) mass is 370 g/mol. The van der Waals surface area contributed by atoms with Crippen molar-refractivity contribution in [3.8, 4) is 0 Å². The fraction of sp³-hybridized carbons (Fsp3) is 1.00. The van der Waals surface area contributed by atoms with E-state index in [4.69, 9.17) is 10.5 Å². The van der Waals surface area contributed by atoms with Crippen molar-refractivity contribution in [1.82, 2.24) is 5.32 Å². The minimum Gasteiger partial charge on any atom is -0.364 e. The molecule has 0 aromatic heterocycles. The molecule has 0 amide bonds. The van der Waals surface area contributed by atoms with Gasteiger partial charge >= 0.3 is 0 Å². The summed E-state index contributed by atoms with van der Waals surface area (Å²) in [5.74, 6) is 0. The molecule has 0 saturated heterocycles. The van der Waals surface area contributed by atoms with Crippen molar-refractivity contribution in [2.24, 2.45) is 5.73 Å². The molecule has 3 nitrogen and oxygen atoms in total. The number of nitrogens with one attached hydrogen (secondary N) is 1. The third-order valence-electron chi connectivity index (χ3n) is 5.19. The van der Waals surface area contributed by atoms with Gasteiger partial charge in [-0.15, -0.1) is 0 Å². The maximum absolute atomic E-state index is 5.76. The number of unbranched alkanes of at least 4 members (excludes halogenated alkanes) is 14. The summed E-state index contributed by atoms with van der Waals surface area (Å²) < 4.78 is 5.76. The summed E-state index contributed by atoms with van der Waals surface area (Å²) in [6.07, 6.45) is 23.7. The molecular formula is C23H50N2O. The lowest BCUT2D eigenvalue weighted by molar-refractivity contribution is 0.0306. The van der Waals surface area contributed by atoms with Crippen molar-refractivity contribution >= 4 is 0 Å². The molecular weight excluding hydrogens is 320 g/mol. The fourth-order valence-electron chi connectivity index (χ4n) is 3.51. The Bertz CT molecular complexity index is 248.